The van der Waals surface area contributed by atoms with Crippen molar-refractivity contribution in [3.63, 3.8) is 0 Å². The second kappa shape index (κ2) is 10.8. The molecular weight excluding hydrogens is 246 g/mol. The fourth-order valence-electron chi connectivity index (χ4n) is 2.23. The highest BCUT2D eigenvalue weighted by Gasteiger charge is 2.18. The van der Waals surface area contributed by atoms with Gasteiger partial charge < -0.3 is 10.2 Å². The van der Waals surface area contributed by atoms with Gasteiger partial charge in [-0.15, -0.1) is 0 Å². The van der Waals surface area contributed by atoms with Crippen LogP contribution in [0.5, 0.6) is 0 Å². The average molecular weight is 273 g/mol. The SMILES string of the molecule is CCCCCC(CC)N(CCC(=O)O)CCC(=O)O. The Balaban J connectivity index is 4.36. The van der Waals surface area contributed by atoms with Crippen LogP contribution in [0.3, 0.4) is 0 Å². The molecule has 0 aliphatic carbocycles. The third-order valence-corrected chi connectivity index (χ3v) is 3.35. The van der Waals surface area contributed by atoms with Crippen LogP contribution >= 0.6 is 0 Å². The van der Waals surface area contributed by atoms with Gasteiger partial charge in [0.1, 0.15) is 0 Å². The van der Waals surface area contributed by atoms with Gasteiger partial charge in [0, 0.05) is 19.1 Å². The van der Waals surface area contributed by atoms with E-state index in [1.807, 2.05) is 4.90 Å². The van der Waals surface area contributed by atoms with E-state index < -0.39 is 11.9 Å². The summed E-state index contributed by atoms with van der Waals surface area (Å²) in [7, 11) is 0. The van der Waals surface area contributed by atoms with Gasteiger partial charge in [-0.25, -0.2) is 0 Å². The molecule has 2 N–H and O–H groups in total. The Labute approximate surface area is 115 Å². The van der Waals surface area contributed by atoms with Crippen LogP contribution in [0.2, 0.25) is 0 Å². The molecule has 19 heavy (non-hydrogen) atoms. The van der Waals surface area contributed by atoms with Crippen molar-refractivity contribution in [3.8, 4) is 0 Å². The van der Waals surface area contributed by atoms with Crippen molar-refractivity contribution in [1.82, 2.24) is 4.90 Å². The molecule has 5 nitrogen and oxygen atoms in total. The van der Waals surface area contributed by atoms with E-state index >= 15 is 0 Å². The third kappa shape index (κ3) is 9.47. The molecule has 0 fully saturated rings. The van der Waals surface area contributed by atoms with Crippen molar-refractivity contribution in [1.29, 1.82) is 0 Å². The molecule has 0 aromatic rings. The van der Waals surface area contributed by atoms with Crippen LogP contribution in [0.1, 0.15) is 58.8 Å². The van der Waals surface area contributed by atoms with Crippen LogP contribution < -0.4 is 0 Å². The minimum Gasteiger partial charge on any atom is -0.481 e. The van der Waals surface area contributed by atoms with Crippen LogP contribution in [0.15, 0.2) is 0 Å². The highest BCUT2D eigenvalue weighted by Crippen LogP contribution is 2.14. The van der Waals surface area contributed by atoms with Crippen LogP contribution in [0.25, 0.3) is 0 Å². The Morgan fingerprint density at radius 3 is 1.89 bits per heavy atom. The Morgan fingerprint density at radius 2 is 1.53 bits per heavy atom. The first kappa shape index (κ1) is 17.9. The quantitative estimate of drug-likeness (QED) is 0.534. The number of aliphatic carboxylic acids is 2. The number of rotatable bonds is 12. The van der Waals surface area contributed by atoms with Crippen molar-refractivity contribution in [2.45, 2.75) is 64.8 Å². The van der Waals surface area contributed by atoms with Gasteiger partial charge in [0.2, 0.25) is 0 Å². The molecule has 0 aromatic heterocycles. The van der Waals surface area contributed by atoms with Gasteiger partial charge in [0.15, 0.2) is 0 Å². The van der Waals surface area contributed by atoms with E-state index in [1.165, 1.54) is 6.42 Å². The molecule has 0 radical (unpaired) electrons. The van der Waals surface area contributed by atoms with Crippen LogP contribution in [-0.2, 0) is 9.59 Å². The molecule has 0 saturated carbocycles. The summed E-state index contributed by atoms with van der Waals surface area (Å²) in [4.78, 5) is 23.4. The monoisotopic (exact) mass is 273 g/mol. The summed E-state index contributed by atoms with van der Waals surface area (Å²) < 4.78 is 0. The van der Waals surface area contributed by atoms with E-state index in [0.717, 1.165) is 25.7 Å². The zero-order chi connectivity index (χ0) is 14.7. The van der Waals surface area contributed by atoms with Gasteiger partial charge in [0.25, 0.3) is 0 Å². The molecular formula is C14H27NO4. The van der Waals surface area contributed by atoms with Crippen molar-refractivity contribution < 1.29 is 19.8 Å². The molecule has 0 amide bonds. The van der Waals surface area contributed by atoms with E-state index in [4.69, 9.17) is 10.2 Å². The van der Waals surface area contributed by atoms with Crippen molar-refractivity contribution in [2.24, 2.45) is 0 Å². The minimum atomic E-state index is -0.830. The maximum atomic E-state index is 10.7. The Kier molecular flexibility index (Phi) is 10.2. The molecule has 5 heteroatoms. The Hall–Kier alpha value is -1.10. The molecule has 0 saturated heterocycles. The number of unbranched alkanes of at least 4 members (excludes halogenated alkanes) is 2. The molecule has 0 spiro atoms. The van der Waals surface area contributed by atoms with Gasteiger partial charge >= 0.3 is 11.9 Å². The van der Waals surface area contributed by atoms with E-state index in [2.05, 4.69) is 13.8 Å². The summed E-state index contributed by atoms with van der Waals surface area (Å²) in [5, 5.41) is 17.5. The van der Waals surface area contributed by atoms with Crippen LogP contribution in [0, 0.1) is 0 Å². The molecule has 0 heterocycles. The average Bonchev–Trinajstić information content (AvgIpc) is 2.35. The lowest BCUT2D eigenvalue weighted by molar-refractivity contribution is -0.137. The van der Waals surface area contributed by atoms with Gasteiger partial charge in [-0.05, 0) is 12.8 Å². The lowest BCUT2D eigenvalue weighted by atomic mass is 10.0. The Bertz CT molecular complexity index is 250. The van der Waals surface area contributed by atoms with Crippen LogP contribution in [0.4, 0.5) is 0 Å². The fourth-order valence-corrected chi connectivity index (χ4v) is 2.23. The van der Waals surface area contributed by atoms with Crippen molar-refractivity contribution in [3.05, 3.63) is 0 Å². The molecule has 112 valence electrons. The number of hydrogen-bond acceptors (Lipinski definition) is 3. The van der Waals surface area contributed by atoms with Crippen molar-refractivity contribution >= 4 is 11.9 Å². The Morgan fingerprint density at radius 1 is 1.00 bits per heavy atom. The highest BCUT2D eigenvalue weighted by molar-refractivity contribution is 5.67. The zero-order valence-corrected chi connectivity index (χ0v) is 12.1. The number of carboxylic acids is 2. The van der Waals surface area contributed by atoms with Gasteiger partial charge in [-0.3, -0.25) is 14.5 Å². The molecule has 1 atom stereocenters. The number of carbonyl (C=O) groups is 2. The first-order valence-electron chi connectivity index (χ1n) is 7.18. The lowest BCUT2D eigenvalue weighted by Gasteiger charge is -2.30. The third-order valence-electron chi connectivity index (χ3n) is 3.35. The van der Waals surface area contributed by atoms with Crippen molar-refractivity contribution in [2.75, 3.05) is 13.1 Å². The summed E-state index contributed by atoms with van der Waals surface area (Å²) >= 11 is 0. The lowest BCUT2D eigenvalue weighted by Crippen LogP contribution is -2.38. The zero-order valence-electron chi connectivity index (χ0n) is 12.1. The summed E-state index contributed by atoms with van der Waals surface area (Å²) in [6, 6.07) is 0.297. The smallest absolute Gasteiger partial charge is 0.304 e. The minimum absolute atomic E-state index is 0.0733. The summed E-state index contributed by atoms with van der Waals surface area (Å²) in [6.07, 6.45) is 5.54. The summed E-state index contributed by atoms with van der Waals surface area (Å²) in [6.45, 7) is 5.10. The van der Waals surface area contributed by atoms with E-state index in [9.17, 15) is 9.59 Å². The number of nitrogens with zero attached hydrogens (tertiary/aromatic N) is 1. The molecule has 1 unspecified atom stereocenters. The molecule has 0 aliphatic heterocycles. The first-order chi connectivity index (χ1) is 9.01. The van der Waals surface area contributed by atoms with Gasteiger partial charge in [0.05, 0.1) is 12.8 Å². The normalized spacial score (nSPS) is 12.6. The molecule has 0 rings (SSSR count). The highest BCUT2D eigenvalue weighted by atomic mass is 16.4. The summed E-state index contributed by atoms with van der Waals surface area (Å²) in [5.41, 5.74) is 0. The second-order valence-electron chi connectivity index (χ2n) is 4.88. The van der Waals surface area contributed by atoms with Gasteiger partial charge in [-0.2, -0.15) is 0 Å². The molecule has 0 bridgehead atoms. The number of hydrogen-bond donors (Lipinski definition) is 2. The predicted octanol–water partition coefficient (Wildman–Crippen LogP) is 2.60. The first-order valence-corrected chi connectivity index (χ1v) is 7.18. The van der Waals surface area contributed by atoms with E-state index in [-0.39, 0.29) is 12.8 Å². The second-order valence-corrected chi connectivity index (χ2v) is 4.88. The predicted molar refractivity (Wildman–Crippen MR) is 74.3 cm³/mol. The fraction of sp³-hybridized carbons (Fsp3) is 0.857. The maximum Gasteiger partial charge on any atom is 0.304 e. The summed E-state index contributed by atoms with van der Waals surface area (Å²) in [5.74, 6) is -1.66. The number of carboxylic acid groups (broad SMARTS) is 2. The standard InChI is InChI=1S/C14H27NO4/c1-3-5-6-7-12(4-2)15(10-8-13(16)17)11-9-14(18)19/h12H,3-11H2,1-2H3,(H,16,17)(H,18,19). The van der Waals surface area contributed by atoms with Gasteiger partial charge in [-0.1, -0.05) is 33.1 Å². The van der Waals surface area contributed by atoms with E-state index in [1.54, 1.807) is 0 Å². The molecule has 0 aromatic carbocycles. The topological polar surface area (TPSA) is 77.8 Å². The largest absolute Gasteiger partial charge is 0.481 e. The van der Waals surface area contributed by atoms with E-state index in [0.29, 0.717) is 19.1 Å². The molecule has 0 aliphatic rings. The maximum absolute atomic E-state index is 10.7. The van der Waals surface area contributed by atoms with Crippen LogP contribution in [-0.4, -0.2) is 46.2 Å².